The number of hydrogen-bond acceptors (Lipinski definition) is 5. The lowest BCUT2D eigenvalue weighted by molar-refractivity contribution is -0.123. The Morgan fingerprint density at radius 1 is 0.970 bits per heavy atom. The maximum atomic E-state index is 13.7. The number of carbonyl (C=O) groups is 2. The van der Waals surface area contributed by atoms with Crippen LogP contribution in [-0.4, -0.2) is 32.1 Å². The first-order chi connectivity index (χ1) is 16.1. The highest BCUT2D eigenvalue weighted by atomic mass is 16.5. The zero-order chi connectivity index (χ0) is 23.2. The summed E-state index contributed by atoms with van der Waals surface area (Å²) in [6.07, 6.45) is 5.49. The van der Waals surface area contributed by atoms with E-state index in [-0.39, 0.29) is 17.7 Å². The molecule has 4 rings (SSSR count). The summed E-state index contributed by atoms with van der Waals surface area (Å²) in [6.45, 7) is 0. The maximum absolute atomic E-state index is 13.7. The van der Waals surface area contributed by atoms with Crippen LogP contribution in [0.2, 0.25) is 0 Å². The van der Waals surface area contributed by atoms with E-state index in [1.54, 1.807) is 56.7 Å². The summed E-state index contributed by atoms with van der Waals surface area (Å²) < 4.78 is 16.1. The van der Waals surface area contributed by atoms with Crippen molar-refractivity contribution in [1.29, 1.82) is 0 Å². The molecular formula is C26H28N2O5. The van der Waals surface area contributed by atoms with Gasteiger partial charge in [0.05, 0.1) is 20.5 Å². The van der Waals surface area contributed by atoms with Crippen molar-refractivity contribution in [3.05, 3.63) is 78.3 Å². The van der Waals surface area contributed by atoms with Crippen LogP contribution in [0.1, 0.15) is 47.8 Å². The summed E-state index contributed by atoms with van der Waals surface area (Å²) in [6, 6.07) is 16.7. The van der Waals surface area contributed by atoms with Crippen molar-refractivity contribution in [3.63, 3.8) is 0 Å². The largest absolute Gasteiger partial charge is 0.497 e. The van der Waals surface area contributed by atoms with E-state index in [9.17, 15) is 9.59 Å². The molecule has 1 heterocycles. The molecule has 172 valence electrons. The van der Waals surface area contributed by atoms with Crippen LogP contribution in [-0.2, 0) is 4.79 Å². The lowest BCUT2D eigenvalue weighted by Crippen LogP contribution is -2.46. The first-order valence-corrected chi connectivity index (χ1v) is 11.1. The van der Waals surface area contributed by atoms with Crippen molar-refractivity contribution < 1.29 is 23.5 Å². The standard InChI is InChI=1S/C26H28N2O5/c1-31-21-14-12-20(13-15-21)28(26(30)23-11-6-16-33-23)24(18-7-5-10-22(17-18)32-2)25(29)27-19-8-3-4-9-19/h5-7,10-17,19,24H,3-4,8-9H2,1-2H3,(H,27,29)/t24-/m1/s1. The van der Waals surface area contributed by atoms with Crippen molar-refractivity contribution in [2.75, 3.05) is 19.1 Å². The fourth-order valence-corrected chi connectivity index (χ4v) is 4.22. The van der Waals surface area contributed by atoms with E-state index in [2.05, 4.69) is 5.32 Å². The summed E-state index contributed by atoms with van der Waals surface area (Å²) in [5.41, 5.74) is 1.19. The molecule has 1 N–H and O–H groups in total. The van der Waals surface area contributed by atoms with Crippen molar-refractivity contribution in [3.8, 4) is 11.5 Å². The minimum Gasteiger partial charge on any atom is -0.497 e. The summed E-state index contributed by atoms with van der Waals surface area (Å²) in [5.74, 6) is 0.738. The fraction of sp³-hybridized carbons (Fsp3) is 0.308. The topological polar surface area (TPSA) is 81.0 Å². The highest BCUT2D eigenvalue weighted by Gasteiger charge is 2.36. The number of anilines is 1. The minimum atomic E-state index is -0.924. The van der Waals surface area contributed by atoms with Gasteiger partial charge >= 0.3 is 0 Å². The molecule has 3 aromatic rings. The number of amides is 2. The highest BCUT2D eigenvalue weighted by Crippen LogP contribution is 2.33. The second kappa shape index (κ2) is 10.3. The number of nitrogens with zero attached hydrogens (tertiary/aromatic N) is 1. The Hall–Kier alpha value is -3.74. The number of ether oxygens (including phenoxy) is 2. The van der Waals surface area contributed by atoms with Gasteiger partial charge in [-0.3, -0.25) is 14.5 Å². The second-order valence-electron chi connectivity index (χ2n) is 8.02. The first-order valence-electron chi connectivity index (χ1n) is 11.1. The highest BCUT2D eigenvalue weighted by molar-refractivity contribution is 6.08. The molecule has 0 spiro atoms. The molecule has 2 amide bonds. The number of methoxy groups -OCH3 is 2. The van der Waals surface area contributed by atoms with Gasteiger partial charge in [-0.2, -0.15) is 0 Å². The third kappa shape index (κ3) is 5.03. The lowest BCUT2D eigenvalue weighted by Gasteiger charge is -2.32. The molecule has 0 unspecified atom stereocenters. The van der Waals surface area contributed by atoms with Crippen LogP contribution in [0.4, 0.5) is 5.69 Å². The summed E-state index contributed by atoms with van der Waals surface area (Å²) >= 11 is 0. The molecule has 0 radical (unpaired) electrons. The smallest absolute Gasteiger partial charge is 0.294 e. The predicted molar refractivity (Wildman–Crippen MR) is 125 cm³/mol. The Morgan fingerprint density at radius 2 is 1.70 bits per heavy atom. The fourth-order valence-electron chi connectivity index (χ4n) is 4.22. The zero-order valence-electron chi connectivity index (χ0n) is 18.8. The lowest BCUT2D eigenvalue weighted by atomic mass is 10.0. The molecule has 7 nitrogen and oxygen atoms in total. The SMILES string of the molecule is COc1ccc(N(C(=O)c2ccco2)[C@@H](C(=O)NC2CCCC2)c2cccc(OC)c2)cc1. The van der Waals surface area contributed by atoms with Gasteiger partial charge in [0.1, 0.15) is 17.5 Å². The molecular weight excluding hydrogens is 420 g/mol. The van der Waals surface area contributed by atoms with E-state index in [1.807, 2.05) is 18.2 Å². The van der Waals surface area contributed by atoms with Gasteiger partial charge in [-0.1, -0.05) is 25.0 Å². The number of benzene rings is 2. The van der Waals surface area contributed by atoms with Gasteiger partial charge in [0.2, 0.25) is 5.91 Å². The Morgan fingerprint density at radius 3 is 2.33 bits per heavy atom. The summed E-state index contributed by atoms with van der Waals surface area (Å²) in [4.78, 5) is 28.8. The van der Waals surface area contributed by atoms with E-state index < -0.39 is 11.9 Å². The van der Waals surface area contributed by atoms with Gasteiger partial charge < -0.3 is 19.2 Å². The van der Waals surface area contributed by atoms with Crippen LogP contribution in [0.5, 0.6) is 11.5 Å². The van der Waals surface area contributed by atoms with Crippen LogP contribution >= 0.6 is 0 Å². The van der Waals surface area contributed by atoms with Crippen LogP contribution in [0.15, 0.2) is 71.3 Å². The molecule has 1 atom stereocenters. The van der Waals surface area contributed by atoms with Gasteiger partial charge in [0.25, 0.3) is 5.91 Å². The third-order valence-corrected chi connectivity index (χ3v) is 5.92. The Labute approximate surface area is 193 Å². The van der Waals surface area contributed by atoms with Crippen molar-refractivity contribution in [2.24, 2.45) is 0 Å². The number of hydrogen-bond donors (Lipinski definition) is 1. The molecule has 0 saturated heterocycles. The van der Waals surface area contributed by atoms with E-state index in [0.29, 0.717) is 22.7 Å². The molecule has 1 fully saturated rings. The predicted octanol–water partition coefficient (Wildman–Crippen LogP) is 4.74. The van der Waals surface area contributed by atoms with E-state index >= 15 is 0 Å². The number of rotatable bonds is 8. The molecule has 1 saturated carbocycles. The minimum absolute atomic E-state index is 0.0991. The van der Waals surface area contributed by atoms with Crippen LogP contribution in [0.25, 0.3) is 0 Å². The first kappa shape index (κ1) is 22.5. The van der Waals surface area contributed by atoms with Gasteiger partial charge in [-0.25, -0.2) is 0 Å². The van der Waals surface area contributed by atoms with Gasteiger partial charge in [0.15, 0.2) is 5.76 Å². The second-order valence-corrected chi connectivity index (χ2v) is 8.02. The maximum Gasteiger partial charge on any atom is 0.294 e. The van der Waals surface area contributed by atoms with Crippen molar-refractivity contribution in [2.45, 2.75) is 37.8 Å². The van der Waals surface area contributed by atoms with E-state index in [1.165, 1.54) is 11.2 Å². The molecule has 7 heteroatoms. The van der Waals surface area contributed by atoms with E-state index in [0.717, 1.165) is 25.7 Å². The van der Waals surface area contributed by atoms with E-state index in [4.69, 9.17) is 13.9 Å². The number of carbonyl (C=O) groups excluding carboxylic acids is 2. The third-order valence-electron chi connectivity index (χ3n) is 5.92. The molecule has 1 aromatic heterocycles. The Balaban J connectivity index is 1.81. The van der Waals surface area contributed by atoms with Crippen LogP contribution in [0, 0.1) is 0 Å². The molecule has 1 aliphatic carbocycles. The molecule has 1 aliphatic rings. The number of furan rings is 1. The van der Waals surface area contributed by atoms with Crippen molar-refractivity contribution in [1.82, 2.24) is 5.32 Å². The van der Waals surface area contributed by atoms with Crippen LogP contribution < -0.4 is 19.7 Å². The summed E-state index contributed by atoms with van der Waals surface area (Å²) in [7, 11) is 3.15. The van der Waals surface area contributed by atoms with Crippen LogP contribution in [0.3, 0.4) is 0 Å². The average Bonchev–Trinajstić information content (AvgIpc) is 3.57. The molecule has 0 bridgehead atoms. The summed E-state index contributed by atoms with van der Waals surface area (Å²) in [5, 5.41) is 3.16. The Bertz CT molecular complexity index is 1070. The monoisotopic (exact) mass is 448 g/mol. The van der Waals surface area contributed by atoms with Gasteiger partial charge in [-0.15, -0.1) is 0 Å². The van der Waals surface area contributed by atoms with Gasteiger partial charge in [0, 0.05) is 11.7 Å². The molecule has 0 aliphatic heterocycles. The molecule has 2 aromatic carbocycles. The normalized spacial score (nSPS) is 14.5. The van der Waals surface area contributed by atoms with Crippen molar-refractivity contribution >= 4 is 17.5 Å². The number of nitrogens with one attached hydrogen (secondary N) is 1. The molecule has 33 heavy (non-hydrogen) atoms. The Kier molecular flexibility index (Phi) is 6.98. The zero-order valence-corrected chi connectivity index (χ0v) is 18.8. The van der Waals surface area contributed by atoms with Gasteiger partial charge in [-0.05, 0) is 66.9 Å². The average molecular weight is 449 g/mol. The quantitative estimate of drug-likeness (QED) is 0.538.